The Bertz CT molecular complexity index is 810. The molecule has 1 unspecified atom stereocenters. The Morgan fingerprint density at radius 2 is 1.96 bits per heavy atom. The first-order valence-corrected chi connectivity index (χ1v) is 8.45. The molecule has 1 heterocycles. The molecule has 5 nitrogen and oxygen atoms in total. The van der Waals surface area contributed by atoms with Gasteiger partial charge in [0.15, 0.2) is 0 Å². The summed E-state index contributed by atoms with van der Waals surface area (Å²) in [6.45, 7) is 4.25. The van der Waals surface area contributed by atoms with Crippen LogP contribution < -0.4 is 10.1 Å². The molecule has 25 heavy (non-hydrogen) atoms. The third kappa shape index (κ3) is 3.33. The molecule has 1 aliphatic rings. The normalized spacial score (nSPS) is 18.8. The summed E-state index contributed by atoms with van der Waals surface area (Å²) >= 11 is 5.94. The maximum atomic E-state index is 13.1. The van der Waals surface area contributed by atoms with E-state index < -0.39 is 11.5 Å². The fraction of sp³-hybridized carbons (Fsp3) is 0.263. The van der Waals surface area contributed by atoms with Gasteiger partial charge in [0.2, 0.25) is 0 Å². The van der Waals surface area contributed by atoms with Crippen molar-refractivity contribution >= 4 is 29.1 Å². The number of ether oxygens (including phenoxy) is 1. The molecular formula is C19H19ClN2O3. The lowest BCUT2D eigenvalue weighted by atomic mass is 10.00. The maximum Gasteiger partial charge on any atom is 0.278 e. The first-order chi connectivity index (χ1) is 11.9. The van der Waals surface area contributed by atoms with Crippen molar-refractivity contribution in [1.29, 1.82) is 0 Å². The SMILES string of the molecule is CCN(Cc1ccccc1)C(=O)C1(C)Oc2ccc(Cl)cc2NC1=O. The summed E-state index contributed by atoms with van der Waals surface area (Å²) in [5.74, 6) is -0.452. The van der Waals surface area contributed by atoms with Crippen LogP contribution in [0.3, 0.4) is 0 Å². The summed E-state index contributed by atoms with van der Waals surface area (Å²) in [5, 5.41) is 3.20. The molecule has 2 amide bonds. The van der Waals surface area contributed by atoms with E-state index >= 15 is 0 Å². The van der Waals surface area contributed by atoms with E-state index in [1.165, 1.54) is 6.92 Å². The lowest BCUT2D eigenvalue weighted by Crippen LogP contribution is -2.59. The second kappa shape index (κ2) is 6.76. The minimum absolute atomic E-state index is 0.378. The molecule has 1 N–H and O–H groups in total. The van der Waals surface area contributed by atoms with Crippen molar-refractivity contribution in [3.63, 3.8) is 0 Å². The zero-order valence-corrected chi connectivity index (χ0v) is 14.8. The fourth-order valence-corrected chi connectivity index (χ4v) is 2.94. The van der Waals surface area contributed by atoms with Gasteiger partial charge in [0, 0.05) is 18.1 Å². The highest BCUT2D eigenvalue weighted by molar-refractivity contribution is 6.31. The van der Waals surface area contributed by atoms with Crippen LogP contribution in [-0.2, 0) is 16.1 Å². The number of fused-ring (bicyclic) bond motifs is 1. The first-order valence-electron chi connectivity index (χ1n) is 8.07. The van der Waals surface area contributed by atoms with Crippen LogP contribution in [0.15, 0.2) is 48.5 Å². The third-order valence-corrected chi connectivity index (χ3v) is 4.47. The first kappa shape index (κ1) is 17.3. The number of benzene rings is 2. The van der Waals surface area contributed by atoms with E-state index in [1.807, 2.05) is 37.3 Å². The average molecular weight is 359 g/mol. The summed E-state index contributed by atoms with van der Waals surface area (Å²) in [5.41, 5.74) is -0.162. The Morgan fingerprint density at radius 3 is 2.64 bits per heavy atom. The highest BCUT2D eigenvalue weighted by Gasteiger charge is 2.49. The van der Waals surface area contributed by atoms with E-state index in [-0.39, 0.29) is 5.91 Å². The third-order valence-electron chi connectivity index (χ3n) is 4.23. The Labute approximate surface area is 151 Å². The maximum absolute atomic E-state index is 13.1. The van der Waals surface area contributed by atoms with E-state index in [0.717, 1.165) is 5.56 Å². The molecule has 130 valence electrons. The van der Waals surface area contributed by atoms with Crippen molar-refractivity contribution in [1.82, 2.24) is 4.90 Å². The molecule has 3 rings (SSSR count). The number of likely N-dealkylation sites (N-methyl/N-ethyl adjacent to an activating group) is 1. The molecule has 2 aromatic rings. The highest BCUT2D eigenvalue weighted by atomic mass is 35.5. The van der Waals surface area contributed by atoms with E-state index in [0.29, 0.717) is 29.5 Å². The second-order valence-electron chi connectivity index (χ2n) is 6.03. The van der Waals surface area contributed by atoms with Gasteiger partial charge < -0.3 is 15.0 Å². The zero-order chi connectivity index (χ0) is 18.0. The van der Waals surface area contributed by atoms with Crippen LogP contribution in [0.4, 0.5) is 5.69 Å². The summed E-state index contributed by atoms with van der Waals surface area (Å²) in [4.78, 5) is 27.2. The molecule has 0 radical (unpaired) electrons. The number of amides is 2. The minimum atomic E-state index is -1.62. The van der Waals surface area contributed by atoms with Crippen LogP contribution in [0, 0.1) is 0 Å². The van der Waals surface area contributed by atoms with Gasteiger partial charge in [-0.1, -0.05) is 41.9 Å². The Kier molecular flexibility index (Phi) is 4.68. The van der Waals surface area contributed by atoms with Gasteiger partial charge >= 0.3 is 0 Å². The van der Waals surface area contributed by atoms with Gasteiger partial charge in [-0.15, -0.1) is 0 Å². The molecule has 0 saturated heterocycles. The zero-order valence-electron chi connectivity index (χ0n) is 14.1. The second-order valence-corrected chi connectivity index (χ2v) is 6.47. The number of rotatable bonds is 4. The number of nitrogens with one attached hydrogen (secondary N) is 1. The van der Waals surface area contributed by atoms with Crippen LogP contribution in [0.2, 0.25) is 5.02 Å². The monoisotopic (exact) mass is 358 g/mol. The smallest absolute Gasteiger partial charge is 0.278 e. The summed E-state index contributed by atoms with van der Waals surface area (Å²) in [6, 6.07) is 14.5. The van der Waals surface area contributed by atoms with Gasteiger partial charge in [0.25, 0.3) is 17.4 Å². The lowest BCUT2D eigenvalue weighted by Gasteiger charge is -2.36. The van der Waals surface area contributed by atoms with Crippen LogP contribution in [0.1, 0.15) is 19.4 Å². The molecule has 1 atom stereocenters. The molecule has 0 saturated carbocycles. The van der Waals surface area contributed by atoms with E-state index in [9.17, 15) is 9.59 Å². The van der Waals surface area contributed by atoms with E-state index in [2.05, 4.69) is 5.32 Å². The number of hydrogen-bond donors (Lipinski definition) is 1. The van der Waals surface area contributed by atoms with Gasteiger partial charge in [-0.2, -0.15) is 0 Å². The number of carbonyl (C=O) groups is 2. The quantitative estimate of drug-likeness (QED) is 0.851. The molecule has 0 spiro atoms. The van der Waals surface area contributed by atoms with Crippen molar-refractivity contribution in [3.05, 3.63) is 59.1 Å². The number of carbonyl (C=O) groups excluding carboxylic acids is 2. The molecule has 0 bridgehead atoms. The Hall–Kier alpha value is -2.53. The van der Waals surface area contributed by atoms with Gasteiger partial charge in [-0.25, -0.2) is 0 Å². The summed E-state index contributed by atoms with van der Waals surface area (Å²) in [7, 11) is 0. The molecule has 6 heteroatoms. The van der Waals surface area contributed by atoms with Crippen molar-refractivity contribution in [3.8, 4) is 5.75 Å². The van der Waals surface area contributed by atoms with E-state index in [1.54, 1.807) is 23.1 Å². The van der Waals surface area contributed by atoms with Crippen LogP contribution >= 0.6 is 11.6 Å². The number of anilines is 1. The number of hydrogen-bond acceptors (Lipinski definition) is 3. The van der Waals surface area contributed by atoms with Crippen LogP contribution in [0.5, 0.6) is 5.75 Å². The number of nitrogens with zero attached hydrogens (tertiary/aromatic N) is 1. The molecule has 0 fully saturated rings. The predicted molar refractivity (Wildman–Crippen MR) is 96.6 cm³/mol. The molecule has 0 aromatic heterocycles. The minimum Gasteiger partial charge on any atom is -0.466 e. The molecule has 2 aromatic carbocycles. The Morgan fingerprint density at radius 1 is 1.24 bits per heavy atom. The Balaban J connectivity index is 1.86. The summed E-state index contributed by atoms with van der Waals surface area (Å²) < 4.78 is 5.81. The summed E-state index contributed by atoms with van der Waals surface area (Å²) in [6.07, 6.45) is 0. The van der Waals surface area contributed by atoms with Crippen molar-refractivity contribution < 1.29 is 14.3 Å². The van der Waals surface area contributed by atoms with Gasteiger partial charge in [-0.05, 0) is 37.6 Å². The molecule has 1 aliphatic heterocycles. The predicted octanol–water partition coefficient (Wildman–Crippen LogP) is 3.48. The topological polar surface area (TPSA) is 58.6 Å². The van der Waals surface area contributed by atoms with Crippen molar-refractivity contribution in [2.75, 3.05) is 11.9 Å². The highest BCUT2D eigenvalue weighted by Crippen LogP contribution is 2.36. The largest absolute Gasteiger partial charge is 0.466 e. The average Bonchev–Trinajstić information content (AvgIpc) is 2.61. The lowest BCUT2D eigenvalue weighted by molar-refractivity contribution is -0.154. The van der Waals surface area contributed by atoms with Gasteiger partial charge in [0.05, 0.1) is 5.69 Å². The standard InChI is InChI=1S/C19H19ClN2O3/c1-3-22(12-13-7-5-4-6-8-13)18(24)19(2)17(23)21-15-11-14(20)9-10-16(15)25-19/h4-11H,3,12H2,1-2H3,(H,21,23). The molecule has 0 aliphatic carbocycles. The van der Waals surface area contributed by atoms with Crippen LogP contribution in [0.25, 0.3) is 0 Å². The number of halogens is 1. The van der Waals surface area contributed by atoms with Crippen molar-refractivity contribution in [2.24, 2.45) is 0 Å². The van der Waals surface area contributed by atoms with E-state index in [4.69, 9.17) is 16.3 Å². The fourth-order valence-electron chi connectivity index (χ4n) is 2.77. The molecular weight excluding hydrogens is 340 g/mol. The van der Waals surface area contributed by atoms with Gasteiger partial charge in [0.1, 0.15) is 5.75 Å². The van der Waals surface area contributed by atoms with Crippen molar-refractivity contribution in [2.45, 2.75) is 26.0 Å². The van der Waals surface area contributed by atoms with Gasteiger partial charge in [-0.3, -0.25) is 9.59 Å². The van der Waals surface area contributed by atoms with Crippen LogP contribution in [-0.4, -0.2) is 28.9 Å².